The van der Waals surface area contributed by atoms with Crippen LogP contribution < -0.4 is 5.32 Å². The van der Waals surface area contributed by atoms with Gasteiger partial charge in [-0.2, -0.15) is 26.6 Å². The van der Waals surface area contributed by atoms with Crippen molar-refractivity contribution < 1.29 is 4.79 Å². The molecule has 1 N–H and O–H groups in total. The van der Waals surface area contributed by atoms with Crippen LogP contribution in [0.25, 0.3) is 5.52 Å². The van der Waals surface area contributed by atoms with E-state index in [0.717, 1.165) is 17.7 Å². The molecule has 0 bridgehead atoms. The number of hydrogen-bond acceptors (Lipinski definition) is 4. The summed E-state index contributed by atoms with van der Waals surface area (Å²) in [5, 5.41) is 11.9. The zero-order valence-corrected chi connectivity index (χ0v) is 12.3. The highest BCUT2D eigenvalue weighted by Gasteiger charge is 2.29. The number of aromatic nitrogens is 3. The SMILES string of the molecule is CCSC1CCCC1NC(=O)c1cnn2ncccc12. The zero-order valence-electron chi connectivity index (χ0n) is 11.5. The predicted octanol–water partition coefficient (Wildman–Crippen LogP) is 2.13. The van der Waals surface area contributed by atoms with Crippen LogP contribution in [0.2, 0.25) is 0 Å². The van der Waals surface area contributed by atoms with Crippen LogP contribution in [0.5, 0.6) is 0 Å². The Bertz CT molecular complexity index is 612. The third-order valence-corrected chi connectivity index (χ3v) is 5.02. The Morgan fingerprint density at radius 3 is 3.25 bits per heavy atom. The Balaban J connectivity index is 1.76. The fourth-order valence-electron chi connectivity index (χ4n) is 2.76. The third kappa shape index (κ3) is 2.52. The van der Waals surface area contributed by atoms with Gasteiger partial charge in [0.2, 0.25) is 0 Å². The lowest BCUT2D eigenvalue weighted by Crippen LogP contribution is -2.38. The summed E-state index contributed by atoms with van der Waals surface area (Å²) >= 11 is 1.94. The molecule has 1 amide bonds. The molecule has 0 radical (unpaired) electrons. The summed E-state index contributed by atoms with van der Waals surface area (Å²) in [5.74, 6) is 1.05. The van der Waals surface area contributed by atoms with Crippen molar-refractivity contribution in [2.75, 3.05) is 5.75 Å². The fourth-order valence-corrected chi connectivity index (χ4v) is 3.96. The Hall–Kier alpha value is -1.56. The van der Waals surface area contributed by atoms with Gasteiger partial charge in [-0.15, -0.1) is 0 Å². The van der Waals surface area contributed by atoms with Crippen LogP contribution in [-0.2, 0) is 0 Å². The standard InChI is InChI=1S/C14H18N4OS/c1-2-20-13-7-3-5-11(13)17-14(19)10-9-16-18-12(10)6-4-8-15-18/h4,6,8-9,11,13H,2-3,5,7H2,1H3,(H,17,19). The van der Waals surface area contributed by atoms with Gasteiger partial charge in [-0.05, 0) is 30.7 Å². The minimum atomic E-state index is -0.0402. The van der Waals surface area contributed by atoms with Gasteiger partial charge in [-0.1, -0.05) is 13.3 Å². The molecule has 1 saturated carbocycles. The van der Waals surface area contributed by atoms with Gasteiger partial charge in [0.25, 0.3) is 5.91 Å². The monoisotopic (exact) mass is 290 g/mol. The first-order valence-electron chi connectivity index (χ1n) is 7.01. The normalized spacial score (nSPS) is 22.2. The smallest absolute Gasteiger partial charge is 0.255 e. The first kappa shape index (κ1) is 13.4. The van der Waals surface area contributed by atoms with Crippen molar-refractivity contribution in [3.8, 4) is 0 Å². The summed E-state index contributed by atoms with van der Waals surface area (Å²) in [6.45, 7) is 2.17. The molecule has 2 unspecified atom stereocenters. The Kier molecular flexibility index (Phi) is 3.91. The minimum absolute atomic E-state index is 0.0402. The summed E-state index contributed by atoms with van der Waals surface area (Å²) in [6.07, 6.45) is 6.71. The van der Waals surface area contributed by atoms with Gasteiger partial charge in [0.05, 0.1) is 11.8 Å². The average molecular weight is 290 g/mol. The molecule has 0 saturated heterocycles. The second-order valence-electron chi connectivity index (χ2n) is 4.96. The molecule has 2 aromatic heterocycles. The van der Waals surface area contributed by atoms with Crippen LogP contribution in [0.15, 0.2) is 24.5 Å². The molecule has 2 aromatic rings. The van der Waals surface area contributed by atoms with Crippen LogP contribution in [0.1, 0.15) is 36.5 Å². The third-order valence-electron chi connectivity index (χ3n) is 3.70. The number of carbonyl (C=O) groups is 1. The molecule has 1 aliphatic rings. The highest BCUT2D eigenvalue weighted by atomic mass is 32.2. The first-order valence-corrected chi connectivity index (χ1v) is 8.06. The molecule has 5 nitrogen and oxygen atoms in total. The number of amides is 1. The molecule has 1 aliphatic carbocycles. The maximum atomic E-state index is 12.4. The van der Waals surface area contributed by atoms with Gasteiger partial charge in [-0.3, -0.25) is 4.79 Å². The van der Waals surface area contributed by atoms with Crippen LogP contribution >= 0.6 is 11.8 Å². The van der Waals surface area contributed by atoms with Gasteiger partial charge in [0, 0.05) is 17.5 Å². The number of rotatable bonds is 4. The quantitative estimate of drug-likeness (QED) is 0.937. The van der Waals surface area contributed by atoms with E-state index in [0.29, 0.717) is 10.8 Å². The lowest BCUT2D eigenvalue weighted by atomic mass is 10.2. The summed E-state index contributed by atoms with van der Waals surface area (Å²) < 4.78 is 1.49. The van der Waals surface area contributed by atoms with Crippen molar-refractivity contribution in [3.63, 3.8) is 0 Å². The average Bonchev–Trinajstić information content (AvgIpc) is 3.06. The zero-order chi connectivity index (χ0) is 13.9. The first-order chi connectivity index (χ1) is 9.79. The fraction of sp³-hybridized carbons (Fsp3) is 0.500. The maximum absolute atomic E-state index is 12.4. The van der Waals surface area contributed by atoms with Crippen molar-refractivity contribution in [3.05, 3.63) is 30.1 Å². The number of carbonyl (C=O) groups excluding carboxylic acids is 1. The lowest BCUT2D eigenvalue weighted by molar-refractivity contribution is 0.0940. The molecule has 2 heterocycles. The van der Waals surface area contributed by atoms with Gasteiger partial charge in [0.1, 0.15) is 5.52 Å². The van der Waals surface area contributed by atoms with Crippen LogP contribution in [0.3, 0.4) is 0 Å². The second kappa shape index (κ2) is 5.83. The summed E-state index contributed by atoms with van der Waals surface area (Å²) in [4.78, 5) is 12.4. The van der Waals surface area contributed by atoms with E-state index in [9.17, 15) is 4.79 Å². The lowest BCUT2D eigenvalue weighted by Gasteiger charge is -2.19. The minimum Gasteiger partial charge on any atom is -0.348 e. The van der Waals surface area contributed by atoms with Crippen molar-refractivity contribution >= 4 is 23.2 Å². The van der Waals surface area contributed by atoms with Gasteiger partial charge in [0.15, 0.2) is 0 Å². The van der Waals surface area contributed by atoms with Gasteiger partial charge >= 0.3 is 0 Å². The summed E-state index contributed by atoms with van der Waals surface area (Å²) in [5.41, 5.74) is 1.35. The van der Waals surface area contributed by atoms with Gasteiger partial charge in [-0.25, -0.2) is 0 Å². The van der Waals surface area contributed by atoms with Crippen molar-refractivity contribution in [2.45, 2.75) is 37.5 Å². The molecular formula is C14H18N4OS. The number of thioether (sulfide) groups is 1. The highest BCUT2D eigenvalue weighted by Crippen LogP contribution is 2.30. The van der Waals surface area contributed by atoms with Crippen LogP contribution in [0.4, 0.5) is 0 Å². The van der Waals surface area contributed by atoms with E-state index in [2.05, 4.69) is 22.4 Å². The van der Waals surface area contributed by atoms with E-state index < -0.39 is 0 Å². The molecule has 0 aromatic carbocycles. The van der Waals surface area contributed by atoms with E-state index in [1.165, 1.54) is 17.5 Å². The number of fused-ring (bicyclic) bond motifs is 1. The number of hydrogen-bond donors (Lipinski definition) is 1. The van der Waals surface area contributed by atoms with Crippen LogP contribution in [-0.4, -0.2) is 37.8 Å². The van der Waals surface area contributed by atoms with Crippen molar-refractivity contribution in [1.29, 1.82) is 0 Å². The molecule has 2 atom stereocenters. The molecule has 6 heteroatoms. The van der Waals surface area contributed by atoms with E-state index in [-0.39, 0.29) is 11.9 Å². The topological polar surface area (TPSA) is 59.3 Å². The molecule has 1 fully saturated rings. The molecule has 20 heavy (non-hydrogen) atoms. The Morgan fingerprint density at radius 1 is 1.50 bits per heavy atom. The molecule has 0 aliphatic heterocycles. The summed E-state index contributed by atoms with van der Waals surface area (Å²) in [6, 6.07) is 3.96. The molecule has 106 valence electrons. The molecule has 3 rings (SSSR count). The maximum Gasteiger partial charge on any atom is 0.255 e. The Labute approximate surface area is 122 Å². The largest absolute Gasteiger partial charge is 0.348 e. The van der Waals surface area contributed by atoms with E-state index in [1.54, 1.807) is 12.4 Å². The number of nitrogens with zero attached hydrogens (tertiary/aromatic N) is 3. The second-order valence-corrected chi connectivity index (χ2v) is 6.48. The molecule has 0 spiro atoms. The van der Waals surface area contributed by atoms with Crippen LogP contribution in [0, 0.1) is 0 Å². The highest BCUT2D eigenvalue weighted by molar-refractivity contribution is 7.99. The predicted molar refractivity (Wildman–Crippen MR) is 80.0 cm³/mol. The van der Waals surface area contributed by atoms with Crippen molar-refractivity contribution in [1.82, 2.24) is 20.1 Å². The van der Waals surface area contributed by atoms with E-state index >= 15 is 0 Å². The Morgan fingerprint density at radius 2 is 2.40 bits per heavy atom. The van der Waals surface area contributed by atoms with E-state index in [4.69, 9.17) is 0 Å². The van der Waals surface area contributed by atoms with Gasteiger partial charge < -0.3 is 5.32 Å². The number of nitrogens with one attached hydrogen (secondary N) is 1. The van der Waals surface area contributed by atoms with Crippen molar-refractivity contribution in [2.24, 2.45) is 0 Å². The van der Waals surface area contributed by atoms with E-state index in [1.807, 2.05) is 23.9 Å². The summed E-state index contributed by atoms with van der Waals surface area (Å²) in [7, 11) is 0. The molecular weight excluding hydrogens is 272 g/mol.